The molecule has 0 saturated heterocycles. The van der Waals surface area contributed by atoms with Crippen LogP contribution >= 0.6 is 15.9 Å². The van der Waals surface area contributed by atoms with Crippen molar-refractivity contribution < 1.29 is 9.84 Å². The van der Waals surface area contributed by atoms with Crippen molar-refractivity contribution >= 4 is 15.9 Å². The van der Waals surface area contributed by atoms with Crippen LogP contribution in [0.4, 0.5) is 0 Å². The first-order valence-corrected chi connectivity index (χ1v) is 7.22. The summed E-state index contributed by atoms with van der Waals surface area (Å²) in [6.45, 7) is 4.49. The molecular weight excluding hydrogens is 294 g/mol. The second kappa shape index (κ2) is 6.04. The Balaban J connectivity index is 1.95. The molecule has 2 atom stereocenters. The zero-order chi connectivity index (χ0) is 13.1. The molecule has 0 radical (unpaired) electrons. The van der Waals surface area contributed by atoms with E-state index in [0.29, 0.717) is 0 Å². The zero-order valence-electron chi connectivity index (χ0n) is 10.8. The zero-order valence-corrected chi connectivity index (χ0v) is 12.4. The van der Waals surface area contributed by atoms with Gasteiger partial charge in [-0.15, -0.1) is 0 Å². The molecule has 2 rings (SSSR count). The van der Waals surface area contributed by atoms with Crippen LogP contribution in [0.25, 0.3) is 0 Å². The van der Waals surface area contributed by atoms with E-state index < -0.39 is 6.10 Å². The van der Waals surface area contributed by atoms with Crippen LogP contribution in [-0.2, 0) is 6.54 Å². The van der Waals surface area contributed by atoms with Gasteiger partial charge in [0.1, 0.15) is 11.9 Å². The van der Waals surface area contributed by atoms with Gasteiger partial charge >= 0.3 is 0 Å². The average Bonchev–Trinajstić information content (AvgIpc) is 3.13. The molecule has 1 aliphatic carbocycles. The topological polar surface area (TPSA) is 41.5 Å². The monoisotopic (exact) mass is 313 g/mol. The highest BCUT2D eigenvalue weighted by Crippen LogP contribution is 2.28. The molecule has 1 fully saturated rings. The Hall–Kier alpha value is -0.580. The van der Waals surface area contributed by atoms with Crippen molar-refractivity contribution in [3.63, 3.8) is 0 Å². The molecule has 3 nitrogen and oxygen atoms in total. The highest BCUT2D eigenvalue weighted by atomic mass is 79.9. The average molecular weight is 314 g/mol. The number of nitrogens with one attached hydrogen (secondary N) is 1. The third-order valence-electron chi connectivity index (χ3n) is 3.16. The van der Waals surface area contributed by atoms with E-state index >= 15 is 0 Å². The van der Waals surface area contributed by atoms with Crippen molar-refractivity contribution in [1.29, 1.82) is 0 Å². The van der Waals surface area contributed by atoms with Gasteiger partial charge in [-0.1, -0.05) is 6.07 Å². The van der Waals surface area contributed by atoms with E-state index in [4.69, 9.17) is 4.74 Å². The molecule has 100 valence electrons. The van der Waals surface area contributed by atoms with E-state index in [2.05, 4.69) is 33.4 Å². The number of aliphatic hydroxyl groups excluding tert-OH is 1. The quantitative estimate of drug-likeness (QED) is 0.848. The fourth-order valence-electron chi connectivity index (χ4n) is 1.60. The Bertz CT molecular complexity index is 405. The molecule has 0 amide bonds. The Morgan fingerprint density at radius 2 is 2.17 bits per heavy atom. The summed E-state index contributed by atoms with van der Waals surface area (Å²) in [6.07, 6.45) is 1.91. The molecule has 1 aliphatic rings. The molecule has 2 unspecified atom stereocenters. The second-order valence-corrected chi connectivity index (χ2v) is 5.84. The van der Waals surface area contributed by atoms with Crippen LogP contribution in [0.5, 0.6) is 5.75 Å². The van der Waals surface area contributed by atoms with E-state index in [1.165, 1.54) is 18.4 Å². The Morgan fingerprint density at radius 3 is 2.72 bits per heavy atom. The fraction of sp³-hybridized carbons (Fsp3) is 0.571. The maximum Gasteiger partial charge on any atom is 0.134 e. The minimum Gasteiger partial charge on any atom is -0.487 e. The van der Waals surface area contributed by atoms with E-state index in [1.807, 2.05) is 13.0 Å². The Labute approximate surface area is 117 Å². The van der Waals surface area contributed by atoms with Gasteiger partial charge in [0.05, 0.1) is 10.6 Å². The van der Waals surface area contributed by atoms with Crippen LogP contribution in [0.2, 0.25) is 0 Å². The SMILES string of the molecule is CC(O)C(C)Oc1ccc(CNC2CC2)cc1Br. The molecule has 0 aliphatic heterocycles. The summed E-state index contributed by atoms with van der Waals surface area (Å²) in [5, 5.41) is 12.9. The summed E-state index contributed by atoms with van der Waals surface area (Å²) in [6, 6.07) is 6.80. The minimum absolute atomic E-state index is 0.211. The minimum atomic E-state index is -0.479. The molecule has 18 heavy (non-hydrogen) atoms. The van der Waals surface area contributed by atoms with Crippen molar-refractivity contribution in [3.8, 4) is 5.75 Å². The number of halogens is 1. The number of rotatable bonds is 6. The Kier molecular flexibility index (Phi) is 4.65. The number of benzene rings is 1. The first kappa shape index (κ1) is 13.8. The molecule has 0 aromatic heterocycles. The summed E-state index contributed by atoms with van der Waals surface area (Å²) >= 11 is 3.51. The molecular formula is C14H20BrNO2. The summed E-state index contributed by atoms with van der Waals surface area (Å²) < 4.78 is 6.62. The van der Waals surface area contributed by atoms with Gasteiger partial charge in [-0.3, -0.25) is 0 Å². The van der Waals surface area contributed by atoms with Crippen molar-refractivity contribution in [2.24, 2.45) is 0 Å². The van der Waals surface area contributed by atoms with Gasteiger partial charge in [0.2, 0.25) is 0 Å². The van der Waals surface area contributed by atoms with Crippen molar-refractivity contribution in [1.82, 2.24) is 5.32 Å². The number of ether oxygens (including phenoxy) is 1. The third kappa shape index (κ3) is 3.97. The van der Waals surface area contributed by atoms with E-state index in [1.54, 1.807) is 6.92 Å². The maximum atomic E-state index is 9.43. The summed E-state index contributed by atoms with van der Waals surface area (Å²) in [5.74, 6) is 0.776. The number of aliphatic hydroxyl groups is 1. The van der Waals surface area contributed by atoms with Crippen molar-refractivity contribution in [2.75, 3.05) is 0 Å². The van der Waals surface area contributed by atoms with Gasteiger partial charge in [-0.05, 0) is 60.3 Å². The maximum absolute atomic E-state index is 9.43. The smallest absolute Gasteiger partial charge is 0.134 e. The van der Waals surface area contributed by atoms with Gasteiger partial charge < -0.3 is 15.2 Å². The second-order valence-electron chi connectivity index (χ2n) is 4.98. The summed E-state index contributed by atoms with van der Waals surface area (Å²) in [5.41, 5.74) is 1.24. The molecule has 1 aromatic carbocycles. The normalized spacial score (nSPS) is 18.4. The lowest BCUT2D eigenvalue weighted by atomic mass is 10.2. The molecule has 4 heteroatoms. The van der Waals surface area contributed by atoms with Gasteiger partial charge in [0.15, 0.2) is 0 Å². The lowest BCUT2D eigenvalue weighted by molar-refractivity contribution is 0.0599. The van der Waals surface area contributed by atoms with Crippen LogP contribution in [0, 0.1) is 0 Å². The highest BCUT2D eigenvalue weighted by molar-refractivity contribution is 9.10. The van der Waals surface area contributed by atoms with Crippen molar-refractivity contribution in [3.05, 3.63) is 28.2 Å². The molecule has 0 heterocycles. The molecule has 1 aromatic rings. The van der Waals surface area contributed by atoms with E-state index in [9.17, 15) is 5.11 Å². The van der Waals surface area contributed by atoms with Crippen LogP contribution in [0.1, 0.15) is 32.3 Å². The standard InChI is InChI=1S/C14H20BrNO2/c1-9(17)10(2)18-14-6-3-11(7-13(14)15)8-16-12-4-5-12/h3,6-7,9-10,12,16-17H,4-5,8H2,1-2H3. The lowest BCUT2D eigenvalue weighted by Gasteiger charge is -2.18. The fourth-order valence-corrected chi connectivity index (χ4v) is 2.12. The Morgan fingerprint density at radius 1 is 1.44 bits per heavy atom. The predicted octanol–water partition coefficient (Wildman–Crippen LogP) is 2.85. The largest absolute Gasteiger partial charge is 0.487 e. The molecule has 1 saturated carbocycles. The van der Waals surface area contributed by atoms with E-state index in [0.717, 1.165) is 22.8 Å². The van der Waals surface area contributed by atoms with E-state index in [-0.39, 0.29) is 6.10 Å². The molecule has 2 N–H and O–H groups in total. The van der Waals surface area contributed by atoms with Crippen molar-refractivity contribution in [2.45, 2.75) is 51.5 Å². The number of hydrogen-bond donors (Lipinski definition) is 2. The third-order valence-corrected chi connectivity index (χ3v) is 3.78. The van der Waals surface area contributed by atoms with Gasteiger partial charge in [0.25, 0.3) is 0 Å². The molecule has 0 bridgehead atoms. The lowest BCUT2D eigenvalue weighted by Crippen LogP contribution is -2.25. The highest BCUT2D eigenvalue weighted by Gasteiger charge is 2.20. The first-order chi connectivity index (χ1) is 8.56. The summed E-state index contributed by atoms with van der Waals surface area (Å²) in [7, 11) is 0. The summed E-state index contributed by atoms with van der Waals surface area (Å²) in [4.78, 5) is 0. The van der Waals surface area contributed by atoms with Gasteiger partial charge in [-0.2, -0.15) is 0 Å². The molecule has 0 spiro atoms. The van der Waals surface area contributed by atoms with Crippen LogP contribution < -0.4 is 10.1 Å². The van der Waals surface area contributed by atoms with Gasteiger partial charge in [0, 0.05) is 12.6 Å². The predicted molar refractivity (Wildman–Crippen MR) is 75.8 cm³/mol. The van der Waals surface area contributed by atoms with Crippen LogP contribution in [0.3, 0.4) is 0 Å². The van der Waals surface area contributed by atoms with Crippen LogP contribution in [-0.4, -0.2) is 23.4 Å². The van der Waals surface area contributed by atoms with Gasteiger partial charge in [-0.25, -0.2) is 0 Å². The number of hydrogen-bond acceptors (Lipinski definition) is 3. The van der Waals surface area contributed by atoms with Crippen LogP contribution in [0.15, 0.2) is 22.7 Å². The first-order valence-electron chi connectivity index (χ1n) is 6.43.